The Hall–Kier alpha value is -3.16. The van der Waals surface area contributed by atoms with E-state index in [9.17, 15) is 14.4 Å². The van der Waals surface area contributed by atoms with E-state index in [1.54, 1.807) is 24.3 Å². The second-order valence-corrected chi connectivity index (χ2v) is 7.71. The van der Waals surface area contributed by atoms with Crippen LogP contribution in [0.25, 0.3) is 10.9 Å². The van der Waals surface area contributed by atoms with Gasteiger partial charge in [-0.3, -0.25) is 24.2 Å². The van der Waals surface area contributed by atoms with Crippen LogP contribution in [-0.4, -0.2) is 25.7 Å². The van der Waals surface area contributed by atoms with Gasteiger partial charge in [-0.15, -0.1) is 0 Å². The molecule has 0 radical (unpaired) electrons. The Morgan fingerprint density at radius 2 is 1.97 bits per heavy atom. The van der Waals surface area contributed by atoms with Crippen LogP contribution in [-0.2, 0) is 17.8 Å². The molecule has 0 unspecified atom stereocenters. The minimum absolute atomic E-state index is 0.0980. The molecule has 2 heterocycles. The van der Waals surface area contributed by atoms with Gasteiger partial charge in [0.2, 0.25) is 5.91 Å². The van der Waals surface area contributed by atoms with Crippen molar-refractivity contribution in [3.63, 3.8) is 0 Å². The van der Waals surface area contributed by atoms with Crippen molar-refractivity contribution >= 4 is 22.6 Å². The van der Waals surface area contributed by atoms with Crippen LogP contribution in [0, 0.1) is 5.92 Å². The van der Waals surface area contributed by atoms with Gasteiger partial charge < -0.3 is 5.32 Å². The first-order valence-electron chi connectivity index (χ1n) is 10.2. The Morgan fingerprint density at radius 3 is 2.79 bits per heavy atom. The second kappa shape index (κ2) is 8.46. The standard InChI is InChI=1S/C21H25N5O3/c27-19(22-18-13-15(24-25-18)12-14-6-2-1-3-7-14)10-11-26-17-9-5-4-8-16(17)20(28)23-21(26)29/h4-5,8-9,13-14H,1-3,6-7,10-12H2,(H,23,28,29)(H2,22,24,25,27). The summed E-state index contributed by atoms with van der Waals surface area (Å²) in [6.45, 7) is 0.168. The molecule has 4 rings (SSSR count). The molecule has 8 nitrogen and oxygen atoms in total. The van der Waals surface area contributed by atoms with Crippen molar-refractivity contribution in [2.75, 3.05) is 5.32 Å². The monoisotopic (exact) mass is 395 g/mol. The highest BCUT2D eigenvalue weighted by atomic mass is 16.2. The second-order valence-electron chi connectivity index (χ2n) is 7.71. The molecule has 152 valence electrons. The van der Waals surface area contributed by atoms with E-state index < -0.39 is 11.2 Å². The molecule has 0 spiro atoms. The van der Waals surface area contributed by atoms with Crippen molar-refractivity contribution in [2.45, 2.75) is 51.5 Å². The average Bonchev–Trinajstić information content (AvgIpc) is 3.15. The van der Waals surface area contributed by atoms with E-state index in [4.69, 9.17) is 0 Å². The number of carbonyl (C=O) groups excluding carboxylic acids is 1. The van der Waals surface area contributed by atoms with Crippen LogP contribution in [0.3, 0.4) is 0 Å². The van der Waals surface area contributed by atoms with Gasteiger partial charge in [-0.2, -0.15) is 5.10 Å². The van der Waals surface area contributed by atoms with Gasteiger partial charge in [0.1, 0.15) is 0 Å². The molecular weight excluding hydrogens is 370 g/mol. The number of carbonyl (C=O) groups is 1. The Balaban J connectivity index is 1.38. The van der Waals surface area contributed by atoms with Gasteiger partial charge in [0, 0.05) is 24.7 Å². The third-order valence-electron chi connectivity index (χ3n) is 5.60. The van der Waals surface area contributed by atoms with Crippen molar-refractivity contribution in [3.05, 3.63) is 56.9 Å². The molecule has 29 heavy (non-hydrogen) atoms. The molecule has 1 aliphatic rings. The molecule has 2 aromatic heterocycles. The van der Waals surface area contributed by atoms with Gasteiger partial charge >= 0.3 is 5.69 Å². The first kappa shape index (κ1) is 19.2. The summed E-state index contributed by atoms with van der Waals surface area (Å²) in [5.41, 5.74) is 0.614. The Bertz CT molecular complexity index is 1120. The van der Waals surface area contributed by atoms with E-state index >= 15 is 0 Å². The van der Waals surface area contributed by atoms with E-state index in [-0.39, 0.29) is 18.9 Å². The van der Waals surface area contributed by atoms with Gasteiger partial charge in [-0.25, -0.2) is 4.79 Å². The van der Waals surface area contributed by atoms with Crippen molar-refractivity contribution in [3.8, 4) is 0 Å². The minimum atomic E-state index is -0.518. The number of nitrogens with one attached hydrogen (secondary N) is 3. The maximum absolute atomic E-state index is 12.3. The normalized spacial score (nSPS) is 14.9. The molecule has 1 aliphatic carbocycles. The zero-order valence-corrected chi connectivity index (χ0v) is 16.2. The van der Waals surface area contributed by atoms with E-state index in [0.717, 1.165) is 12.1 Å². The number of para-hydroxylation sites is 1. The van der Waals surface area contributed by atoms with Crippen molar-refractivity contribution < 1.29 is 4.79 Å². The molecule has 0 atom stereocenters. The quantitative estimate of drug-likeness (QED) is 0.595. The number of fused-ring (bicyclic) bond motifs is 1. The highest BCUT2D eigenvalue weighted by Crippen LogP contribution is 2.26. The van der Waals surface area contributed by atoms with Gasteiger partial charge in [0.05, 0.1) is 10.9 Å². The van der Waals surface area contributed by atoms with Crippen molar-refractivity contribution in [1.82, 2.24) is 19.7 Å². The van der Waals surface area contributed by atoms with E-state index in [1.807, 2.05) is 6.07 Å². The number of hydrogen-bond donors (Lipinski definition) is 3. The molecule has 1 aromatic carbocycles. The Labute approximate surface area is 167 Å². The summed E-state index contributed by atoms with van der Waals surface area (Å²) in [6, 6.07) is 8.74. The first-order chi connectivity index (χ1) is 14.1. The van der Waals surface area contributed by atoms with E-state index in [0.29, 0.717) is 22.6 Å². The summed E-state index contributed by atoms with van der Waals surface area (Å²) in [6.07, 6.45) is 7.48. The number of aryl methyl sites for hydroxylation is 1. The minimum Gasteiger partial charge on any atom is -0.309 e. The van der Waals surface area contributed by atoms with Crippen LogP contribution in [0.5, 0.6) is 0 Å². The molecule has 1 fully saturated rings. The Morgan fingerprint density at radius 1 is 1.17 bits per heavy atom. The van der Waals surface area contributed by atoms with Crippen LogP contribution >= 0.6 is 0 Å². The first-order valence-corrected chi connectivity index (χ1v) is 10.2. The average molecular weight is 395 g/mol. The van der Waals surface area contributed by atoms with Gasteiger partial charge in [0.25, 0.3) is 5.56 Å². The number of nitrogens with zero attached hydrogens (tertiary/aromatic N) is 2. The lowest BCUT2D eigenvalue weighted by Crippen LogP contribution is -2.31. The number of hydrogen-bond acceptors (Lipinski definition) is 4. The predicted molar refractivity (Wildman–Crippen MR) is 111 cm³/mol. The molecule has 0 aliphatic heterocycles. The molecule has 3 aromatic rings. The van der Waals surface area contributed by atoms with Crippen LogP contribution in [0.2, 0.25) is 0 Å². The maximum Gasteiger partial charge on any atom is 0.328 e. The lowest BCUT2D eigenvalue weighted by molar-refractivity contribution is -0.116. The van der Waals surface area contributed by atoms with E-state index in [1.165, 1.54) is 36.7 Å². The number of anilines is 1. The lowest BCUT2D eigenvalue weighted by Gasteiger charge is -2.20. The fourth-order valence-corrected chi connectivity index (χ4v) is 4.12. The lowest BCUT2D eigenvalue weighted by atomic mass is 9.86. The fraction of sp³-hybridized carbons (Fsp3) is 0.429. The van der Waals surface area contributed by atoms with Gasteiger partial charge in [-0.1, -0.05) is 44.2 Å². The molecule has 8 heteroatoms. The molecular formula is C21H25N5O3. The molecule has 1 amide bonds. The predicted octanol–water partition coefficient (Wildman–Crippen LogP) is 2.56. The van der Waals surface area contributed by atoms with Gasteiger partial charge in [0.15, 0.2) is 5.82 Å². The van der Waals surface area contributed by atoms with Crippen LogP contribution < -0.4 is 16.6 Å². The highest BCUT2D eigenvalue weighted by Gasteiger charge is 2.16. The Kier molecular flexibility index (Phi) is 5.59. The third kappa shape index (κ3) is 4.47. The number of H-pyrrole nitrogens is 2. The van der Waals surface area contributed by atoms with Crippen LogP contribution in [0.4, 0.5) is 5.82 Å². The smallest absolute Gasteiger partial charge is 0.309 e. The number of benzene rings is 1. The number of rotatable bonds is 6. The number of amides is 1. The topological polar surface area (TPSA) is 113 Å². The van der Waals surface area contributed by atoms with Crippen LogP contribution in [0.1, 0.15) is 44.2 Å². The summed E-state index contributed by atoms with van der Waals surface area (Å²) >= 11 is 0. The SMILES string of the molecule is O=C(CCn1c(=O)[nH]c(=O)c2ccccc21)Nc1cc(CC2CCCCC2)[nH]n1. The largest absolute Gasteiger partial charge is 0.328 e. The molecule has 0 bridgehead atoms. The van der Waals surface area contributed by atoms with Crippen LogP contribution in [0.15, 0.2) is 39.9 Å². The number of aromatic nitrogens is 4. The summed E-state index contributed by atoms with van der Waals surface area (Å²) < 4.78 is 1.41. The summed E-state index contributed by atoms with van der Waals surface area (Å²) in [5, 5.41) is 10.4. The third-order valence-corrected chi connectivity index (χ3v) is 5.60. The van der Waals surface area contributed by atoms with Crippen molar-refractivity contribution in [1.29, 1.82) is 0 Å². The molecule has 0 saturated heterocycles. The summed E-state index contributed by atoms with van der Waals surface area (Å²) in [4.78, 5) is 38.7. The zero-order valence-electron chi connectivity index (χ0n) is 16.2. The molecule has 3 N–H and O–H groups in total. The molecule has 1 saturated carbocycles. The summed E-state index contributed by atoms with van der Waals surface area (Å²) in [5.74, 6) is 0.954. The maximum atomic E-state index is 12.3. The highest BCUT2D eigenvalue weighted by molar-refractivity contribution is 5.89. The van der Waals surface area contributed by atoms with Crippen molar-refractivity contribution in [2.24, 2.45) is 5.92 Å². The summed E-state index contributed by atoms with van der Waals surface area (Å²) in [7, 11) is 0. The zero-order chi connectivity index (χ0) is 20.2. The van der Waals surface area contributed by atoms with E-state index in [2.05, 4.69) is 20.5 Å². The van der Waals surface area contributed by atoms with Gasteiger partial charge in [-0.05, 0) is 24.5 Å². The fourth-order valence-electron chi connectivity index (χ4n) is 4.12. The number of aromatic amines is 2.